The zero-order valence-electron chi connectivity index (χ0n) is 9.42. The molecule has 13 heavy (non-hydrogen) atoms. The number of carbonyl (C=O) groups excluding carboxylic acids is 1. The van der Waals surface area contributed by atoms with E-state index in [2.05, 4.69) is 13.8 Å². The molecule has 1 N–H and O–H groups in total. The lowest BCUT2D eigenvalue weighted by atomic mass is 9.80. The van der Waals surface area contributed by atoms with E-state index < -0.39 is 0 Å². The fourth-order valence-electron chi connectivity index (χ4n) is 1.45. The molecule has 1 atom stereocenters. The van der Waals surface area contributed by atoms with E-state index in [0.717, 1.165) is 6.42 Å². The predicted molar refractivity (Wildman–Crippen MR) is 54.5 cm³/mol. The first-order valence-electron chi connectivity index (χ1n) is 4.94. The summed E-state index contributed by atoms with van der Waals surface area (Å²) in [6, 6.07) is 0. The number of hydrogen-bond acceptors (Lipinski definition) is 2. The summed E-state index contributed by atoms with van der Waals surface area (Å²) in [5.74, 6) is 0.451. The van der Waals surface area contributed by atoms with Crippen LogP contribution in [0.15, 0.2) is 0 Å². The highest BCUT2D eigenvalue weighted by Gasteiger charge is 2.29. The second-order valence-corrected chi connectivity index (χ2v) is 5.12. The molecule has 0 aromatic rings. The summed E-state index contributed by atoms with van der Waals surface area (Å²) in [5, 5.41) is 9.09. The summed E-state index contributed by atoms with van der Waals surface area (Å²) in [6.45, 7) is 9.82. The molecule has 0 amide bonds. The standard InChI is InChI=1S/C11H22O2/c1-8(2)6-9(7-12)10(13)11(3,4)5/h8-9,12H,6-7H2,1-5H3/t9-/m1/s1. The third-order valence-electron chi connectivity index (χ3n) is 2.09. The quantitative estimate of drug-likeness (QED) is 0.731. The predicted octanol–water partition coefficient (Wildman–Crippen LogP) is 2.26. The minimum Gasteiger partial charge on any atom is -0.396 e. The number of aliphatic hydroxyl groups is 1. The highest BCUT2D eigenvalue weighted by molar-refractivity contribution is 5.86. The second kappa shape index (κ2) is 4.75. The van der Waals surface area contributed by atoms with Crippen LogP contribution in [0.4, 0.5) is 0 Å². The van der Waals surface area contributed by atoms with E-state index in [1.807, 2.05) is 20.8 Å². The fourth-order valence-corrected chi connectivity index (χ4v) is 1.45. The van der Waals surface area contributed by atoms with E-state index in [0.29, 0.717) is 5.92 Å². The van der Waals surface area contributed by atoms with E-state index >= 15 is 0 Å². The first-order valence-corrected chi connectivity index (χ1v) is 4.94. The SMILES string of the molecule is CC(C)C[C@H](CO)C(=O)C(C)(C)C. The van der Waals surface area contributed by atoms with Crippen LogP contribution in [-0.2, 0) is 4.79 Å². The maximum atomic E-state index is 11.8. The maximum Gasteiger partial charge on any atom is 0.143 e. The highest BCUT2D eigenvalue weighted by atomic mass is 16.3. The number of ketones is 1. The molecule has 2 heteroatoms. The van der Waals surface area contributed by atoms with Gasteiger partial charge in [-0.25, -0.2) is 0 Å². The Morgan fingerprint density at radius 2 is 1.77 bits per heavy atom. The van der Waals surface area contributed by atoms with Crippen LogP contribution in [0.1, 0.15) is 41.0 Å². The Kier molecular flexibility index (Phi) is 4.62. The van der Waals surface area contributed by atoms with E-state index in [1.165, 1.54) is 0 Å². The molecular weight excluding hydrogens is 164 g/mol. The number of aliphatic hydroxyl groups excluding tert-OH is 1. The molecular formula is C11H22O2. The first kappa shape index (κ1) is 12.6. The second-order valence-electron chi connectivity index (χ2n) is 5.12. The topological polar surface area (TPSA) is 37.3 Å². The van der Waals surface area contributed by atoms with Crippen molar-refractivity contribution in [2.75, 3.05) is 6.61 Å². The molecule has 0 rings (SSSR count). The Balaban J connectivity index is 4.33. The molecule has 0 saturated carbocycles. The van der Waals surface area contributed by atoms with Crippen molar-refractivity contribution in [1.82, 2.24) is 0 Å². The number of Topliss-reactive ketones (excluding diaryl/α,β-unsaturated/α-hetero) is 1. The van der Waals surface area contributed by atoms with E-state index in [-0.39, 0.29) is 23.7 Å². The van der Waals surface area contributed by atoms with Gasteiger partial charge in [0.25, 0.3) is 0 Å². The number of hydrogen-bond donors (Lipinski definition) is 1. The lowest BCUT2D eigenvalue weighted by Crippen LogP contribution is -2.31. The normalized spacial score (nSPS) is 14.7. The van der Waals surface area contributed by atoms with Crippen LogP contribution < -0.4 is 0 Å². The minimum absolute atomic E-state index is 0.0196. The van der Waals surface area contributed by atoms with Crippen molar-refractivity contribution >= 4 is 5.78 Å². The summed E-state index contributed by atoms with van der Waals surface area (Å²) in [4.78, 5) is 11.8. The summed E-state index contributed by atoms with van der Waals surface area (Å²) < 4.78 is 0. The van der Waals surface area contributed by atoms with Crippen LogP contribution in [0.5, 0.6) is 0 Å². The van der Waals surface area contributed by atoms with Crippen LogP contribution in [0, 0.1) is 17.3 Å². The lowest BCUT2D eigenvalue weighted by Gasteiger charge is -2.24. The third kappa shape index (κ3) is 4.41. The lowest BCUT2D eigenvalue weighted by molar-refractivity contribution is -0.132. The average molecular weight is 186 g/mol. The number of rotatable bonds is 4. The van der Waals surface area contributed by atoms with Crippen molar-refractivity contribution in [1.29, 1.82) is 0 Å². The van der Waals surface area contributed by atoms with Crippen molar-refractivity contribution in [3.05, 3.63) is 0 Å². The van der Waals surface area contributed by atoms with Gasteiger partial charge in [0.15, 0.2) is 0 Å². The Bertz CT molecular complexity index is 165. The van der Waals surface area contributed by atoms with Gasteiger partial charge in [0.1, 0.15) is 5.78 Å². The van der Waals surface area contributed by atoms with Crippen LogP contribution in [-0.4, -0.2) is 17.5 Å². The van der Waals surface area contributed by atoms with Gasteiger partial charge in [-0.3, -0.25) is 4.79 Å². The van der Waals surface area contributed by atoms with Crippen molar-refractivity contribution in [2.24, 2.45) is 17.3 Å². The highest BCUT2D eigenvalue weighted by Crippen LogP contribution is 2.24. The Labute approximate surface area is 81.3 Å². The molecule has 2 nitrogen and oxygen atoms in total. The summed E-state index contributed by atoms with van der Waals surface area (Å²) >= 11 is 0. The molecule has 0 saturated heterocycles. The van der Waals surface area contributed by atoms with Crippen molar-refractivity contribution < 1.29 is 9.90 Å². The Morgan fingerprint density at radius 3 is 2.00 bits per heavy atom. The van der Waals surface area contributed by atoms with Gasteiger partial charge < -0.3 is 5.11 Å². The minimum atomic E-state index is -0.331. The largest absolute Gasteiger partial charge is 0.396 e. The van der Waals surface area contributed by atoms with Gasteiger partial charge in [-0.15, -0.1) is 0 Å². The fraction of sp³-hybridized carbons (Fsp3) is 0.909. The molecule has 0 aliphatic heterocycles. The molecule has 0 aromatic heterocycles. The zero-order valence-corrected chi connectivity index (χ0v) is 9.42. The Hall–Kier alpha value is -0.370. The summed E-state index contributed by atoms with van der Waals surface area (Å²) in [7, 11) is 0. The van der Waals surface area contributed by atoms with Crippen molar-refractivity contribution in [3.8, 4) is 0 Å². The summed E-state index contributed by atoms with van der Waals surface area (Å²) in [5.41, 5.74) is -0.331. The van der Waals surface area contributed by atoms with E-state index in [4.69, 9.17) is 5.11 Å². The van der Waals surface area contributed by atoms with E-state index in [1.54, 1.807) is 0 Å². The molecule has 0 radical (unpaired) electrons. The molecule has 0 heterocycles. The smallest absolute Gasteiger partial charge is 0.143 e. The monoisotopic (exact) mass is 186 g/mol. The van der Waals surface area contributed by atoms with Gasteiger partial charge in [-0.2, -0.15) is 0 Å². The molecule has 0 aliphatic rings. The van der Waals surface area contributed by atoms with Crippen LogP contribution in [0.25, 0.3) is 0 Å². The average Bonchev–Trinajstić information content (AvgIpc) is 1.96. The molecule has 0 spiro atoms. The molecule has 78 valence electrons. The molecule has 0 bridgehead atoms. The van der Waals surface area contributed by atoms with Gasteiger partial charge in [0.05, 0.1) is 6.61 Å². The van der Waals surface area contributed by atoms with Crippen molar-refractivity contribution in [2.45, 2.75) is 41.0 Å². The summed E-state index contributed by atoms with van der Waals surface area (Å²) in [6.07, 6.45) is 0.784. The molecule has 0 aliphatic carbocycles. The van der Waals surface area contributed by atoms with Gasteiger partial charge >= 0.3 is 0 Å². The van der Waals surface area contributed by atoms with Crippen LogP contribution >= 0.6 is 0 Å². The van der Waals surface area contributed by atoms with Crippen molar-refractivity contribution in [3.63, 3.8) is 0 Å². The van der Waals surface area contributed by atoms with Crippen LogP contribution in [0.2, 0.25) is 0 Å². The van der Waals surface area contributed by atoms with Gasteiger partial charge in [0.2, 0.25) is 0 Å². The first-order chi connectivity index (χ1) is 5.79. The maximum absolute atomic E-state index is 11.8. The van der Waals surface area contributed by atoms with Gasteiger partial charge in [-0.05, 0) is 12.3 Å². The molecule has 0 fully saturated rings. The zero-order chi connectivity index (χ0) is 10.6. The van der Waals surface area contributed by atoms with Gasteiger partial charge in [0, 0.05) is 11.3 Å². The Morgan fingerprint density at radius 1 is 1.31 bits per heavy atom. The number of carbonyl (C=O) groups is 1. The molecule has 0 aromatic carbocycles. The van der Waals surface area contributed by atoms with Crippen LogP contribution in [0.3, 0.4) is 0 Å². The van der Waals surface area contributed by atoms with E-state index in [9.17, 15) is 4.79 Å². The third-order valence-corrected chi connectivity index (χ3v) is 2.09. The van der Waals surface area contributed by atoms with Gasteiger partial charge in [-0.1, -0.05) is 34.6 Å². The molecule has 0 unspecified atom stereocenters.